The number of benzene rings is 2. The van der Waals surface area contributed by atoms with Gasteiger partial charge in [0.15, 0.2) is 0 Å². The van der Waals surface area contributed by atoms with E-state index >= 15 is 0 Å². The Kier molecular flexibility index (Phi) is 4.03. The standard InChI is InChI=1S/C15H16N2O2/c1-18-13-6-3-7-14(9-13)19-10-11-4-2-5-12(8-11)15(16)17/h2-9H,10H2,1H3,(H3,16,17). The molecular weight excluding hydrogens is 240 g/mol. The van der Waals surface area contributed by atoms with Crippen LogP contribution in [-0.4, -0.2) is 12.9 Å². The zero-order valence-electron chi connectivity index (χ0n) is 10.7. The van der Waals surface area contributed by atoms with Crippen molar-refractivity contribution in [2.45, 2.75) is 6.61 Å². The first kappa shape index (κ1) is 13.0. The topological polar surface area (TPSA) is 68.3 Å². The van der Waals surface area contributed by atoms with Crippen molar-refractivity contribution >= 4 is 5.84 Å². The Hall–Kier alpha value is -2.49. The molecule has 0 spiro atoms. The zero-order chi connectivity index (χ0) is 13.7. The molecule has 98 valence electrons. The molecule has 0 heterocycles. The minimum atomic E-state index is 0.0585. The fraction of sp³-hybridized carbons (Fsp3) is 0.133. The second-order valence-electron chi connectivity index (χ2n) is 4.08. The molecule has 0 amide bonds. The number of ether oxygens (including phenoxy) is 2. The molecule has 2 aromatic carbocycles. The summed E-state index contributed by atoms with van der Waals surface area (Å²) in [5.74, 6) is 1.56. The van der Waals surface area contributed by atoms with Crippen molar-refractivity contribution in [3.8, 4) is 11.5 Å². The molecule has 0 unspecified atom stereocenters. The molecule has 19 heavy (non-hydrogen) atoms. The van der Waals surface area contributed by atoms with Crippen LogP contribution in [0.1, 0.15) is 11.1 Å². The fourth-order valence-corrected chi connectivity index (χ4v) is 1.69. The van der Waals surface area contributed by atoms with E-state index in [1.165, 1.54) is 0 Å². The van der Waals surface area contributed by atoms with E-state index in [9.17, 15) is 0 Å². The maximum atomic E-state index is 7.40. The zero-order valence-corrected chi connectivity index (χ0v) is 10.7. The molecule has 0 aliphatic rings. The van der Waals surface area contributed by atoms with E-state index in [0.29, 0.717) is 12.2 Å². The van der Waals surface area contributed by atoms with Gasteiger partial charge in [0.25, 0.3) is 0 Å². The van der Waals surface area contributed by atoms with Gasteiger partial charge in [0.05, 0.1) is 7.11 Å². The van der Waals surface area contributed by atoms with Crippen LogP contribution in [0, 0.1) is 5.41 Å². The maximum absolute atomic E-state index is 7.40. The number of hydrogen-bond donors (Lipinski definition) is 2. The molecule has 0 radical (unpaired) electrons. The summed E-state index contributed by atoms with van der Waals surface area (Å²) < 4.78 is 10.8. The molecule has 0 aromatic heterocycles. The van der Waals surface area contributed by atoms with Crippen molar-refractivity contribution in [3.05, 3.63) is 59.7 Å². The van der Waals surface area contributed by atoms with Crippen LogP contribution in [-0.2, 0) is 6.61 Å². The van der Waals surface area contributed by atoms with Crippen molar-refractivity contribution in [1.82, 2.24) is 0 Å². The van der Waals surface area contributed by atoms with E-state index in [1.54, 1.807) is 13.2 Å². The van der Waals surface area contributed by atoms with E-state index in [2.05, 4.69) is 0 Å². The van der Waals surface area contributed by atoms with Crippen LogP contribution < -0.4 is 15.2 Å². The fourth-order valence-electron chi connectivity index (χ4n) is 1.69. The molecule has 2 aromatic rings. The molecular formula is C15H16N2O2. The van der Waals surface area contributed by atoms with Gasteiger partial charge in [0.2, 0.25) is 0 Å². The van der Waals surface area contributed by atoms with Gasteiger partial charge in [0, 0.05) is 11.6 Å². The monoisotopic (exact) mass is 256 g/mol. The average molecular weight is 256 g/mol. The number of rotatable bonds is 5. The average Bonchev–Trinajstić information content (AvgIpc) is 2.45. The van der Waals surface area contributed by atoms with Crippen LogP contribution in [0.25, 0.3) is 0 Å². The molecule has 0 atom stereocenters. The van der Waals surface area contributed by atoms with Crippen molar-refractivity contribution in [2.24, 2.45) is 5.73 Å². The molecule has 0 aliphatic carbocycles. The second-order valence-corrected chi connectivity index (χ2v) is 4.08. The van der Waals surface area contributed by atoms with Gasteiger partial charge in [-0.1, -0.05) is 24.3 Å². The van der Waals surface area contributed by atoms with E-state index < -0.39 is 0 Å². The summed E-state index contributed by atoms with van der Waals surface area (Å²) in [6.45, 7) is 0.425. The summed E-state index contributed by atoms with van der Waals surface area (Å²) in [5, 5.41) is 7.40. The molecule has 3 N–H and O–H groups in total. The highest BCUT2D eigenvalue weighted by molar-refractivity contribution is 5.95. The third-order valence-corrected chi connectivity index (χ3v) is 2.68. The number of nitrogens with two attached hydrogens (primary N) is 1. The number of nitrogen functional groups attached to an aromatic ring is 1. The van der Waals surface area contributed by atoms with Crippen LogP contribution in [0.3, 0.4) is 0 Å². The summed E-state index contributed by atoms with van der Waals surface area (Å²) in [4.78, 5) is 0. The quantitative estimate of drug-likeness (QED) is 0.638. The van der Waals surface area contributed by atoms with E-state index in [0.717, 1.165) is 17.1 Å². The highest BCUT2D eigenvalue weighted by Gasteiger charge is 2.01. The lowest BCUT2D eigenvalue weighted by Crippen LogP contribution is -2.11. The molecule has 4 nitrogen and oxygen atoms in total. The van der Waals surface area contributed by atoms with Crippen LogP contribution in [0.4, 0.5) is 0 Å². The smallest absolute Gasteiger partial charge is 0.123 e. The van der Waals surface area contributed by atoms with Crippen LogP contribution in [0.5, 0.6) is 11.5 Å². The molecule has 0 saturated carbocycles. The van der Waals surface area contributed by atoms with Crippen molar-refractivity contribution in [1.29, 1.82) is 5.41 Å². The highest BCUT2D eigenvalue weighted by Crippen LogP contribution is 2.20. The van der Waals surface area contributed by atoms with Gasteiger partial charge in [-0.25, -0.2) is 0 Å². The Bertz CT molecular complexity index is 582. The Morgan fingerprint density at radius 1 is 1.11 bits per heavy atom. The first-order valence-corrected chi connectivity index (χ1v) is 5.89. The number of methoxy groups -OCH3 is 1. The van der Waals surface area contributed by atoms with Gasteiger partial charge >= 0.3 is 0 Å². The van der Waals surface area contributed by atoms with E-state index in [1.807, 2.05) is 42.5 Å². The van der Waals surface area contributed by atoms with Gasteiger partial charge in [-0.05, 0) is 23.8 Å². The number of nitrogens with one attached hydrogen (secondary N) is 1. The van der Waals surface area contributed by atoms with Gasteiger partial charge in [0.1, 0.15) is 23.9 Å². The Balaban J connectivity index is 2.05. The maximum Gasteiger partial charge on any atom is 0.123 e. The lowest BCUT2D eigenvalue weighted by atomic mass is 10.1. The highest BCUT2D eigenvalue weighted by atomic mass is 16.5. The molecule has 0 bridgehead atoms. The lowest BCUT2D eigenvalue weighted by molar-refractivity contribution is 0.303. The Morgan fingerprint density at radius 3 is 2.58 bits per heavy atom. The summed E-state index contributed by atoms with van der Waals surface area (Å²) in [6.07, 6.45) is 0. The molecule has 0 aliphatic heterocycles. The lowest BCUT2D eigenvalue weighted by Gasteiger charge is -2.08. The number of hydrogen-bond acceptors (Lipinski definition) is 3. The predicted molar refractivity (Wildman–Crippen MR) is 74.8 cm³/mol. The van der Waals surface area contributed by atoms with Crippen LogP contribution in [0.2, 0.25) is 0 Å². The van der Waals surface area contributed by atoms with Gasteiger partial charge < -0.3 is 15.2 Å². The molecule has 0 fully saturated rings. The molecule has 4 heteroatoms. The second kappa shape index (κ2) is 5.91. The Morgan fingerprint density at radius 2 is 1.84 bits per heavy atom. The van der Waals surface area contributed by atoms with Crippen molar-refractivity contribution < 1.29 is 9.47 Å². The van der Waals surface area contributed by atoms with Crippen molar-refractivity contribution in [3.63, 3.8) is 0 Å². The van der Waals surface area contributed by atoms with Gasteiger partial charge in [-0.15, -0.1) is 0 Å². The Labute approximate surface area is 112 Å². The van der Waals surface area contributed by atoms with Crippen molar-refractivity contribution in [2.75, 3.05) is 7.11 Å². The largest absolute Gasteiger partial charge is 0.497 e. The molecule has 2 rings (SSSR count). The third-order valence-electron chi connectivity index (χ3n) is 2.68. The predicted octanol–water partition coefficient (Wildman–Crippen LogP) is 2.56. The first-order valence-electron chi connectivity index (χ1n) is 5.89. The summed E-state index contributed by atoms with van der Waals surface area (Å²) >= 11 is 0. The minimum absolute atomic E-state index is 0.0585. The van der Waals surface area contributed by atoms with Crippen LogP contribution in [0.15, 0.2) is 48.5 Å². The van der Waals surface area contributed by atoms with E-state index in [-0.39, 0.29) is 5.84 Å². The summed E-state index contributed by atoms with van der Waals surface area (Å²) in [5.41, 5.74) is 7.12. The number of amidine groups is 1. The molecule has 0 saturated heterocycles. The van der Waals surface area contributed by atoms with Crippen LogP contribution >= 0.6 is 0 Å². The van der Waals surface area contributed by atoms with E-state index in [4.69, 9.17) is 20.6 Å². The normalized spacial score (nSPS) is 9.95. The van der Waals surface area contributed by atoms with Gasteiger partial charge in [-0.2, -0.15) is 0 Å². The third kappa shape index (κ3) is 3.48. The minimum Gasteiger partial charge on any atom is -0.497 e. The first-order chi connectivity index (χ1) is 9.19. The summed E-state index contributed by atoms with van der Waals surface area (Å²) in [7, 11) is 1.62. The summed E-state index contributed by atoms with van der Waals surface area (Å²) in [6, 6.07) is 14.9. The SMILES string of the molecule is COc1cccc(OCc2cccc(C(=N)N)c2)c1. The van der Waals surface area contributed by atoms with Gasteiger partial charge in [-0.3, -0.25) is 5.41 Å².